The van der Waals surface area contributed by atoms with Gasteiger partial charge in [0.2, 0.25) is 23.6 Å². The lowest BCUT2D eigenvalue weighted by molar-refractivity contribution is -0.149. The number of benzene rings is 4. The number of carbonyl (C=O) groups excluding carboxylic acids is 5. The number of nitrogens with one attached hydrogen (secondary N) is 4. The molecular formula is C65H85F2N7O7S. The molecule has 1 aromatic heterocycles. The smallest absolute Gasteiger partial charge is 0.308 e. The molecule has 4 aromatic carbocycles. The van der Waals surface area contributed by atoms with Crippen molar-refractivity contribution in [3.8, 4) is 5.75 Å². The maximum atomic E-state index is 16.1. The zero-order valence-corrected chi connectivity index (χ0v) is 50.7. The predicted octanol–water partition coefficient (Wildman–Crippen LogP) is 11.6. The van der Waals surface area contributed by atoms with E-state index in [9.17, 15) is 29.1 Å². The van der Waals surface area contributed by atoms with Gasteiger partial charge >= 0.3 is 5.97 Å². The van der Waals surface area contributed by atoms with Crippen LogP contribution in [-0.2, 0) is 35.1 Å². The van der Waals surface area contributed by atoms with Gasteiger partial charge in [0.15, 0.2) is 0 Å². The number of unbranched alkanes of at least 4 members (excludes halogenated alkanes) is 1. The molecule has 0 unspecified atom stereocenters. The molecule has 0 fully saturated rings. The first-order valence-corrected chi connectivity index (χ1v) is 30.6. The highest BCUT2D eigenvalue weighted by molar-refractivity contribution is 8.34. The van der Waals surface area contributed by atoms with E-state index in [1.54, 1.807) is 41.1 Å². The van der Waals surface area contributed by atoms with Crippen molar-refractivity contribution in [3.05, 3.63) is 131 Å². The number of aromatic nitrogens is 1. The second-order valence-corrected chi connectivity index (χ2v) is 27.4. The van der Waals surface area contributed by atoms with Crippen LogP contribution in [0, 0.1) is 17.6 Å². The SMILES string of the molecule is C/C1=C\CC[C@H](C)OC(=O)C[C@H](c2ccc(O)cc2)NC(=O)[C@@H](Cc2cc3ccccc3[nH]2)N(C)C(=O)[C@H](CCCCNC(=O)CCC=C2c3cc(F)c(N(C)C)cc3S(C(C)C)(C(C)C)c3cc(N(C)C)c(F)cc32)NC(=O)[C@@H](C)C1. The molecule has 0 saturated heterocycles. The highest BCUT2D eigenvalue weighted by Gasteiger charge is 2.44. The number of para-hydroxylation sites is 1. The quantitative estimate of drug-likeness (QED) is 0.0388. The predicted molar refractivity (Wildman–Crippen MR) is 325 cm³/mol. The Morgan fingerprint density at radius 3 is 2.06 bits per heavy atom. The van der Waals surface area contributed by atoms with Crippen LogP contribution in [0.25, 0.3) is 16.5 Å². The Hall–Kier alpha value is -7.14. The summed E-state index contributed by atoms with van der Waals surface area (Å²) in [4.78, 5) is 81.4. The third-order valence-electron chi connectivity index (χ3n) is 16.0. The molecule has 5 atom stereocenters. The third-order valence-corrected chi connectivity index (χ3v) is 21.1. The number of hydrogen-bond donors (Lipinski definition) is 5. The third kappa shape index (κ3) is 14.4. The van der Waals surface area contributed by atoms with Gasteiger partial charge in [-0.25, -0.2) is 8.78 Å². The Bertz CT molecular complexity index is 3080. The molecule has 2 aliphatic rings. The van der Waals surface area contributed by atoms with E-state index < -0.39 is 58.0 Å². The number of esters is 1. The van der Waals surface area contributed by atoms with Crippen LogP contribution < -0.4 is 25.8 Å². The second kappa shape index (κ2) is 27.3. The molecule has 442 valence electrons. The number of rotatable bonds is 15. The van der Waals surface area contributed by atoms with Crippen molar-refractivity contribution < 1.29 is 42.6 Å². The Morgan fingerprint density at radius 1 is 0.841 bits per heavy atom. The number of cyclic esters (lactones) is 1. The van der Waals surface area contributed by atoms with E-state index in [1.807, 2.05) is 104 Å². The lowest BCUT2D eigenvalue weighted by Gasteiger charge is -2.53. The van der Waals surface area contributed by atoms with Crippen molar-refractivity contribution in [2.45, 2.75) is 157 Å². The van der Waals surface area contributed by atoms with Gasteiger partial charge in [-0.3, -0.25) is 24.0 Å². The van der Waals surface area contributed by atoms with Gasteiger partial charge < -0.3 is 45.5 Å². The molecule has 0 radical (unpaired) electrons. The Balaban J connectivity index is 1.11. The number of allylic oxidation sites excluding steroid dienone is 3. The molecule has 7 rings (SSSR count). The van der Waals surface area contributed by atoms with Gasteiger partial charge in [-0.05, 0) is 145 Å². The minimum atomic E-state index is -1.86. The van der Waals surface area contributed by atoms with E-state index in [-0.39, 0.29) is 71.9 Å². The summed E-state index contributed by atoms with van der Waals surface area (Å²) in [6, 6.07) is 19.9. The number of aromatic amines is 1. The molecule has 3 heterocycles. The number of likely N-dealkylation sites (N-methyl/N-ethyl adjacent to an activating group) is 1. The first kappa shape index (κ1) is 62.5. The van der Waals surface area contributed by atoms with Crippen LogP contribution in [0.1, 0.15) is 135 Å². The van der Waals surface area contributed by atoms with Crippen molar-refractivity contribution in [2.75, 3.05) is 51.6 Å². The maximum Gasteiger partial charge on any atom is 0.308 e. The number of carbonyl (C=O) groups is 5. The lowest BCUT2D eigenvalue weighted by Crippen LogP contribution is -2.56. The van der Waals surface area contributed by atoms with Crippen LogP contribution in [0.3, 0.4) is 0 Å². The molecule has 4 amide bonds. The van der Waals surface area contributed by atoms with Crippen LogP contribution in [0.5, 0.6) is 5.75 Å². The lowest BCUT2D eigenvalue weighted by atomic mass is 9.94. The van der Waals surface area contributed by atoms with Crippen molar-refractivity contribution in [3.63, 3.8) is 0 Å². The molecule has 14 nitrogen and oxygen atoms in total. The van der Waals surface area contributed by atoms with E-state index in [1.165, 1.54) is 17.0 Å². The average Bonchev–Trinajstić information content (AvgIpc) is 0.985. The number of fused-ring (bicyclic) bond motifs is 3. The fourth-order valence-corrected chi connectivity index (χ4v) is 16.7. The first-order valence-electron chi connectivity index (χ1n) is 28.8. The standard InChI is InChI=1S/C65H85F2N7O7S/c1-39(2)82(40(3)4)59-37-56(72(8)9)51(66)34-49(59)48(50-35-52(67)57(73(10)11)38-60(50)82)22-18-25-61(76)68-30-16-15-24-54-65(80)74(12)58(33-46-32-45-21-13-14-23-53(45)69-46)64(79)71-55(44-26-28-47(75)29-27-44)36-62(77)81-43(7)20-17-19-41(5)31-42(6)63(78)70-54/h13-14,19,21-23,26-29,32,34-35,37-40,42-43,54-55,58,69,75H,15-18,20,24-25,30-31,33,36H2,1-12H3,(H,68,76)(H,70,78)(H,71,79)/b41-19+/t42-,43-,54-,55+,58+/m0/s1. The fourth-order valence-electron chi connectivity index (χ4n) is 11.7. The zero-order chi connectivity index (χ0) is 59.7. The highest BCUT2D eigenvalue weighted by atomic mass is 32.3. The number of hydrogen-bond acceptors (Lipinski definition) is 9. The van der Waals surface area contributed by atoms with Crippen LogP contribution in [-0.4, -0.2) is 115 Å². The first-order chi connectivity index (χ1) is 38.9. The molecular weight excluding hydrogens is 1060 g/mol. The van der Waals surface area contributed by atoms with Crippen molar-refractivity contribution in [2.24, 2.45) is 5.92 Å². The van der Waals surface area contributed by atoms with Crippen molar-refractivity contribution in [1.29, 1.82) is 0 Å². The summed E-state index contributed by atoms with van der Waals surface area (Å²) >= 11 is 0. The topological polar surface area (TPSA) is 176 Å². The van der Waals surface area contributed by atoms with Gasteiger partial charge in [-0.15, -0.1) is 0 Å². The minimum absolute atomic E-state index is 0.0105. The largest absolute Gasteiger partial charge is 0.508 e. The molecule has 2 aliphatic heterocycles. The molecule has 17 heteroatoms. The molecule has 5 N–H and O–H groups in total. The van der Waals surface area contributed by atoms with Crippen LogP contribution in [0.4, 0.5) is 20.2 Å². The Kier molecular flexibility index (Phi) is 20.8. The van der Waals surface area contributed by atoms with Gasteiger partial charge in [-0.2, -0.15) is 10.0 Å². The molecule has 0 saturated carbocycles. The van der Waals surface area contributed by atoms with E-state index in [0.717, 1.165) is 26.3 Å². The van der Waals surface area contributed by atoms with Gasteiger partial charge in [0.05, 0.1) is 29.9 Å². The number of halogens is 2. The molecule has 0 spiro atoms. The van der Waals surface area contributed by atoms with Gasteiger partial charge in [0.1, 0.15) is 29.5 Å². The summed E-state index contributed by atoms with van der Waals surface area (Å²) in [5, 5.41) is 20.4. The van der Waals surface area contributed by atoms with E-state index in [2.05, 4.69) is 48.6 Å². The number of aromatic hydroxyl groups is 1. The Labute approximate surface area is 484 Å². The number of anilines is 2. The van der Waals surface area contributed by atoms with E-state index in [4.69, 9.17) is 4.74 Å². The maximum absolute atomic E-state index is 16.1. The monoisotopic (exact) mass is 1150 g/mol. The Morgan fingerprint density at radius 2 is 1.46 bits per heavy atom. The number of phenols is 1. The summed E-state index contributed by atoms with van der Waals surface area (Å²) in [5.41, 5.74) is 6.13. The second-order valence-electron chi connectivity index (χ2n) is 23.2. The fraction of sp³-hybridized carbons (Fsp3) is 0.462. The van der Waals surface area contributed by atoms with Crippen LogP contribution >= 0.6 is 10.0 Å². The highest BCUT2D eigenvalue weighted by Crippen LogP contribution is 2.74. The van der Waals surface area contributed by atoms with Gasteiger partial charge in [0, 0.05) is 81.5 Å². The summed E-state index contributed by atoms with van der Waals surface area (Å²) < 4.78 is 38.0. The van der Waals surface area contributed by atoms with Crippen LogP contribution in [0.15, 0.2) is 106 Å². The number of phenolic OH excluding ortho intramolecular Hbond substituents is 1. The van der Waals surface area contributed by atoms with Gasteiger partial charge in [0.25, 0.3) is 0 Å². The summed E-state index contributed by atoms with van der Waals surface area (Å²) in [6.45, 7) is 14.6. The molecule has 82 heavy (non-hydrogen) atoms. The summed E-state index contributed by atoms with van der Waals surface area (Å²) in [7, 11) is 6.98. The van der Waals surface area contributed by atoms with Crippen molar-refractivity contribution in [1.82, 2.24) is 25.8 Å². The number of ether oxygens (including phenoxy) is 1. The number of H-pyrrole nitrogens is 1. The van der Waals surface area contributed by atoms with Crippen molar-refractivity contribution >= 4 is 67.5 Å². The average molecular weight is 1150 g/mol. The van der Waals surface area contributed by atoms with Crippen LogP contribution in [0.2, 0.25) is 0 Å². The summed E-state index contributed by atoms with van der Waals surface area (Å²) in [5.74, 6) is -3.36. The van der Waals surface area contributed by atoms with Gasteiger partial charge in [-0.1, -0.05) is 82.7 Å². The number of nitrogens with zero attached hydrogens (tertiary/aromatic N) is 3. The number of amides is 4. The molecule has 5 aromatic rings. The zero-order valence-electron chi connectivity index (χ0n) is 49.9. The summed E-state index contributed by atoms with van der Waals surface area (Å²) in [6.07, 6.45) is 6.45. The van der Waals surface area contributed by atoms with E-state index >= 15 is 8.78 Å². The molecule has 0 bridgehead atoms. The van der Waals surface area contributed by atoms with E-state index in [0.29, 0.717) is 77.9 Å². The molecule has 0 aliphatic carbocycles. The minimum Gasteiger partial charge on any atom is -0.508 e. The normalized spacial score (nSPS) is 21.2.